The fraction of sp³-hybridized carbons (Fsp3) is 0. The van der Waals surface area contributed by atoms with Crippen LogP contribution in [0.5, 0.6) is 0 Å². The van der Waals surface area contributed by atoms with E-state index in [1.54, 1.807) is 0 Å². The molecule has 5 heteroatoms. The van der Waals surface area contributed by atoms with Crippen molar-refractivity contribution in [1.82, 2.24) is 0 Å². The fourth-order valence-electron chi connectivity index (χ4n) is 0. The number of carbonyl (C=O) groups is 1. The van der Waals surface area contributed by atoms with Gasteiger partial charge in [0.15, 0.2) is 0 Å². The second kappa shape index (κ2) is 9.09. The van der Waals surface area contributed by atoms with E-state index >= 15 is 0 Å². The van der Waals surface area contributed by atoms with Gasteiger partial charge in [0.05, 0.1) is 0 Å². The molecule has 0 aliphatic rings. The maximum Gasteiger partial charge on any atom is 2.00 e. The van der Waals surface area contributed by atoms with Gasteiger partial charge in [0.2, 0.25) is 0 Å². The molecule has 0 saturated carbocycles. The predicted molar refractivity (Wildman–Crippen MR) is 17.1 cm³/mol. The monoisotopic (exact) mass is 118 g/mol. The van der Waals surface area contributed by atoms with Gasteiger partial charge in [0.25, 0.3) is 0 Å². The summed E-state index contributed by atoms with van der Waals surface area (Å²) in [6, 6.07) is 0. The largest absolute Gasteiger partial charge is 2.00 e. The zero-order chi connectivity index (χ0) is 3.58. The summed E-state index contributed by atoms with van der Waals surface area (Å²) in [5.74, 6) is 0. The summed E-state index contributed by atoms with van der Waals surface area (Å²) in [6.07, 6.45) is -1.83. The van der Waals surface area contributed by atoms with E-state index in [0.717, 1.165) is 0 Å². The molecule has 0 aromatic heterocycles. The van der Waals surface area contributed by atoms with Crippen molar-refractivity contribution in [3.63, 3.8) is 0 Å². The maximum atomic E-state index is 8.56. The topological polar surface area (TPSA) is 86.0 Å². The molecule has 0 aliphatic carbocycles. The first-order valence-corrected chi connectivity index (χ1v) is 0.651. The van der Waals surface area contributed by atoms with E-state index in [1.807, 2.05) is 0 Å². The first kappa shape index (κ1) is 16.1. The van der Waals surface area contributed by atoms with E-state index in [-0.39, 0.29) is 43.2 Å². The number of rotatable bonds is 0. The zero-order valence-electron chi connectivity index (χ0n) is 2.92. The first-order valence-electron chi connectivity index (χ1n) is 0.651. The number of carboxylic acid groups (broad SMARTS) is 2. The van der Waals surface area contributed by atoms with Crippen molar-refractivity contribution in [2.24, 2.45) is 0 Å². The molecular weight excluding hydrogens is 116 g/mol. The summed E-state index contributed by atoms with van der Waals surface area (Å²) in [5, 5.41) is 13.9. The summed E-state index contributed by atoms with van der Waals surface area (Å²) >= 11 is 0. The van der Waals surface area contributed by atoms with Gasteiger partial charge in [-0.25, -0.2) is 4.79 Å². The van der Waals surface area contributed by atoms with Crippen LogP contribution in [0, 0.1) is 0 Å². The third-order valence-electron chi connectivity index (χ3n) is 0. The van der Waals surface area contributed by atoms with E-state index in [2.05, 4.69) is 0 Å². The average Bonchev–Trinajstić information content (AvgIpc) is 0.811. The molecule has 4 nitrogen and oxygen atoms in total. The van der Waals surface area contributed by atoms with Gasteiger partial charge in [-0.3, -0.25) is 0 Å². The second-order valence-corrected chi connectivity index (χ2v) is 0.283. The van der Waals surface area contributed by atoms with Crippen molar-refractivity contribution in [2.45, 2.75) is 0 Å². The average molecular weight is 118 g/mol. The molecule has 0 aliphatic heterocycles. The molecule has 0 radical (unpaired) electrons. The minimum atomic E-state index is -1.83. The molecule has 2 N–H and O–H groups in total. The number of hydrogen-bond donors (Lipinski definition) is 2. The summed E-state index contributed by atoms with van der Waals surface area (Å²) in [5.41, 5.74) is 0. The van der Waals surface area contributed by atoms with Crippen molar-refractivity contribution >= 4 is 43.9 Å². The minimum Gasteiger partial charge on any atom is -2.00 e. The molecule has 0 fully saturated rings. The molecule has 0 rings (SSSR count). The van der Waals surface area contributed by atoms with Crippen LogP contribution in [-0.4, -0.2) is 54.1 Å². The third-order valence-corrected chi connectivity index (χ3v) is 0. The van der Waals surface area contributed by atoms with Crippen molar-refractivity contribution < 1.29 is 20.5 Å². The van der Waals surface area contributed by atoms with Gasteiger partial charge in [-0.15, -0.1) is 0 Å². The Bertz CT molecular complexity index is 30.5. The standard InChI is InChI=1S/CH2O3.Ca.O/c2-1(3)4;;/h(H2,2,3,4);;/q;+2;-2. The van der Waals surface area contributed by atoms with E-state index < -0.39 is 6.16 Å². The smallest absolute Gasteiger partial charge is 2.00 e. The normalized spacial score (nSPS) is 4.00. The van der Waals surface area contributed by atoms with E-state index in [9.17, 15) is 0 Å². The third kappa shape index (κ3) is 228. The van der Waals surface area contributed by atoms with Gasteiger partial charge in [0, 0.05) is 0 Å². The zero-order valence-corrected chi connectivity index (χ0v) is 5.13. The molecule has 0 bridgehead atoms. The molecule has 0 saturated heterocycles. The summed E-state index contributed by atoms with van der Waals surface area (Å²) in [4.78, 5) is 8.56. The summed E-state index contributed by atoms with van der Waals surface area (Å²) in [6.45, 7) is 0. The first-order chi connectivity index (χ1) is 1.73. The molecule has 0 unspecified atom stereocenters. The molecule has 0 atom stereocenters. The SMILES string of the molecule is O=C(O)O.[Ca+2].[O-2]. The van der Waals surface area contributed by atoms with Crippen LogP contribution in [0.25, 0.3) is 0 Å². The van der Waals surface area contributed by atoms with Gasteiger partial charge in [-0.1, -0.05) is 0 Å². The molecule has 0 aromatic carbocycles. The van der Waals surface area contributed by atoms with Gasteiger partial charge in [-0.2, -0.15) is 0 Å². The Hall–Kier alpha value is 0.490. The molecule has 0 amide bonds. The van der Waals surface area contributed by atoms with Crippen LogP contribution in [0.3, 0.4) is 0 Å². The number of hydrogen-bond acceptors (Lipinski definition) is 1. The Kier molecular flexibility index (Phi) is 24.3. The quantitative estimate of drug-likeness (QED) is 0.429. The summed E-state index contributed by atoms with van der Waals surface area (Å²) in [7, 11) is 0. The molecule has 0 spiro atoms. The van der Waals surface area contributed by atoms with Crippen LogP contribution < -0.4 is 0 Å². The van der Waals surface area contributed by atoms with Crippen LogP contribution in [-0.2, 0) is 5.48 Å². The van der Waals surface area contributed by atoms with Crippen LogP contribution in [0.2, 0.25) is 0 Å². The van der Waals surface area contributed by atoms with Crippen LogP contribution in [0.1, 0.15) is 0 Å². The van der Waals surface area contributed by atoms with Crippen LogP contribution >= 0.6 is 0 Å². The van der Waals surface area contributed by atoms with Crippen molar-refractivity contribution in [1.29, 1.82) is 0 Å². The Labute approximate surface area is 64.1 Å². The summed E-state index contributed by atoms with van der Waals surface area (Å²) < 4.78 is 0. The van der Waals surface area contributed by atoms with E-state index in [4.69, 9.17) is 15.0 Å². The molecule has 32 valence electrons. The van der Waals surface area contributed by atoms with Gasteiger partial charge < -0.3 is 15.7 Å². The van der Waals surface area contributed by atoms with Crippen molar-refractivity contribution in [3.05, 3.63) is 0 Å². The molecule has 0 heterocycles. The van der Waals surface area contributed by atoms with E-state index in [0.29, 0.717) is 0 Å². The maximum absolute atomic E-state index is 8.56. The van der Waals surface area contributed by atoms with Crippen LogP contribution in [0.15, 0.2) is 0 Å². The Morgan fingerprint density at radius 1 is 1.33 bits per heavy atom. The van der Waals surface area contributed by atoms with Gasteiger partial charge >= 0.3 is 43.9 Å². The van der Waals surface area contributed by atoms with Gasteiger partial charge in [0.1, 0.15) is 0 Å². The second-order valence-electron chi connectivity index (χ2n) is 0.283. The van der Waals surface area contributed by atoms with Gasteiger partial charge in [-0.05, 0) is 0 Å². The molecule has 0 aromatic rings. The Morgan fingerprint density at radius 2 is 1.33 bits per heavy atom. The van der Waals surface area contributed by atoms with Crippen LogP contribution in [0.4, 0.5) is 4.79 Å². The van der Waals surface area contributed by atoms with Crippen molar-refractivity contribution in [2.75, 3.05) is 0 Å². The Balaban J connectivity index is -0.0000000450. The predicted octanol–water partition coefficient (Wildman–Crippen LogP) is -0.277. The van der Waals surface area contributed by atoms with Crippen molar-refractivity contribution in [3.8, 4) is 0 Å². The van der Waals surface area contributed by atoms with E-state index in [1.165, 1.54) is 0 Å². The molecular formula is CH2CaO4. The minimum absolute atomic E-state index is 0. The molecule has 6 heavy (non-hydrogen) atoms. The fourth-order valence-corrected chi connectivity index (χ4v) is 0. The Morgan fingerprint density at radius 3 is 1.33 bits per heavy atom.